The number of nitriles is 1. The number of hydrogen-bond acceptors (Lipinski definition) is 5. The van der Waals surface area contributed by atoms with Gasteiger partial charge >= 0.3 is 0 Å². The average molecular weight is 380 g/mol. The van der Waals surface area contributed by atoms with Crippen molar-refractivity contribution < 1.29 is 0 Å². The van der Waals surface area contributed by atoms with E-state index in [0.29, 0.717) is 23.0 Å². The van der Waals surface area contributed by atoms with Crippen molar-refractivity contribution in [3.8, 4) is 6.07 Å². The Labute approximate surface area is 148 Å². The van der Waals surface area contributed by atoms with Gasteiger partial charge in [0.05, 0.1) is 11.3 Å². The van der Waals surface area contributed by atoms with Crippen LogP contribution >= 0.6 is 15.9 Å². The second-order valence-corrected chi connectivity index (χ2v) is 6.05. The fourth-order valence-electron chi connectivity index (χ4n) is 2.18. The maximum absolute atomic E-state index is 9.18. The molecule has 6 heteroatoms. The highest BCUT2D eigenvalue weighted by Crippen LogP contribution is 2.22. The van der Waals surface area contributed by atoms with Crippen molar-refractivity contribution in [3.05, 3.63) is 70.3 Å². The number of halogens is 1. The van der Waals surface area contributed by atoms with Crippen LogP contribution < -0.4 is 10.6 Å². The lowest BCUT2D eigenvalue weighted by Gasteiger charge is -2.11. The molecule has 0 aliphatic heterocycles. The maximum atomic E-state index is 9.18. The van der Waals surface area contributed by atoms with Gasteiger partial charge in [-0.15, -0.1) is 0 Å². The van der Waals surface area contributed by atoms with E-state index in [-0.39, 0.29) is 0 Å². The summed E-state index contributed by atoms with van der Waals surface area (Å²) in [5.74, 6) is 1.12. The Hall–Kier alpha value is -2.91. The van der Waals surface area contributed by atoms with Crippen LogP contribution in [0.2, 0.25) is 0 Å². The third-order valence-electron chi connectivity index (χ3n) is 3.26. The fraction of sp³-hybridized carbons (Fsp3) is 0.0556. The van der Waals surface area contributed by atoms with Crippen LogP contribution in [0.1, 0.15) is 11.3 Å². The molecular weight excluding hydrogens is 366 g/mol. The van der Waals surface area contributed by atoms with Gasteiger partial charge in [-0.2, -0.15) is 10.2 Å². The quantitative estimate of drug-likeness (QED) is 0.673. The fourth-order valence-corrected chi connectivity index (χ4v) is 2.44. The molecule has 2 aromatic carbocycles. The van der Waals surface area contributed by atoms with E-state index in [9.17, 15) is 5.26 Å². The van der Waals surface area contributed by atoms with Crippen LogP contribution in [0.5, 0.6) is 0 Å². The van der Waals surface area contributed by atoms with E-state index in [1.807, 2.05) is 55.5 Å². The van der Waals surface area contributed by atoms with Gasteiger partial charge in [0.2, 0.25) is 5.95 Å². The van der Waals surface area contributed by atoms with Gasteiger partial charge in [-0.1, -0.05) is 28.1 Å². The first kappa shape index (κ1) is 16.0. The number of anilines is 4. The van der Waals surface area contributed by atoms with Crippen molar-refractivity contribution in [1.29, 1.82) is 5.26 Å². The molecule has 0 amide bonds. The van der Waals surface area contributed by atoms with Crippen molar-refractivity contribution in [2.45, 2.75) is 6.92 Å². The third-order valence-corrected chi connectivity index (χ3v) is 3.79. The molecule has 2 N–H and O–H groups in total. The molecule has 0 fully saturated rings. The molecule has 1 heterocycles. The number of rotatable bonds is 4. The van der Waals surface area contributed by atoms with E-state index >= 15 is 0 Å². The smallest absolute Gasteiger partial charge is 0.229 e. The zero-order valence-corrected chi connectivity index (χ0v) is 14.5. The second-order valence-electron chi connectivity index (χ2n) is 5.13. The van der Waals surface area contributed by atoms with Crippen molar-refractivity contribution >= 4 is 39.1 Å². The number of benzene rings is 2. The number of nitrogens with zero attached hydrogens (tertiary/aromatic N) is 3. The zero-order chi connectivity index (χ0) is 16.9. The van der Waals surface area contributed by atoms with Gasteiger partial charge in [0, 0.05) is 21.9 Å². The molecule has 0 saturated heterocycles. The summed E-state index contributed by atoms with van der Waals surface area (Å²) < 4.78 is 1.01. The van der Waals surface area contributed by atoms with Crippen LogP contribution in [-0.4, -0.2) is 9.97 Å². The lowest BCUT2D eigenvalue weighted by Crippen LogP contribution is -2.03. The van der Waals surface area contributed by atoms with Crippen molar-refractivity contribution in [1.82, 2.24) is 9.97 Å². The standard InChI is InChI=1S/C18H14BrN5/c1-12-10-17(23-16-5-3-2-4-13(16)11-20)24-18(21-12)22-15-8-6-14(19)7-9-15/h2-10H,1H3,(H2,21,22,23,24). The summed E-state index contributed by atoms with van der Waals surface area (Å²) in [5, 5.41) is 15.5. The lowest BCUT2D eigenvalue weighted by atomic mass is 10.2. The molecule has 0 aliphatic carbocycles. The highest BCUT2D eigenvalue weighted by molar-refractivity contribution is 9.10. The summed E-state index contributed by atoms with van der Waals surface area (Å²) in [6.07, 6.45) is 0. The molecule has 0 aliphatic rings. The Morgan fingerprint density at radius 1 is 1.00 bits per heavy atom. The molecule has 0 spiro atoms. The molecule has 0 unspecified atom stereocenters. The monoisotopic (exact) mass is 379 g/mol. The summed E-state index contributed by atoms with van der Waals surface area (Å²) in [7, 11) is 0. The van der Waals surface area contributed by atoms with Gasteiger partial charge in [-0.05, 0) is 43.3 Å². The molecule has 5 nitrogen and oxygen atoms in total. The van der Waals surface area contributed by atoms with Gasteiger partial charge in [0.15, 0.2) is 0 Å². The topological polar surface area (TPSA) is 73.6 Å². The second kappa shape index (κ2) is 7.11. The minimum absolute atomic E-state index is 0.495. The van der Waals surface area contributed by atoms with Gasteiger partial charge in [0.1, 0.15) is 11.9 Å². The summed E-state index contributed by atoms with van der Waals surface area (Å²) in [6, 6.07) is 19.1. The summed E-state index contributed by atoms with van der Waals surface area (Å²) >= 11 is 3.41. The third kappa shape index (κ3) is 3.89. The van der Waals surface area contributed by atoms with Crippen molar-refractivity contribution in [2.24, 2.45) is 0 Å². The number of aromatic nitrogens is 2. The highest BCUT2D eigenvalue weighted by Gasteiger charge is 2.06. The Balaban J connectivity index is 1.86. The molecule has 0 atom stereocenters. The van der Waals surface area contributed by atoms with Crippen molar-refractivity contribution in [3.63, 3.8) is 0 Å². The number of hydrogen-bond donors (Lipinski definition) is 2. The van der Waals surface area contributed by atoms with E-state index in [2.05, 4.69) is 42.6 Å². The summed E-state index contributed by atoms with van der Waals surface area (Å²) in [4.78, 5) is 8.86. The van der Waals surface area contributed by atoms with Crippen LogP contribution in [0.3, 0.4) is 0 Å². The Kier molecular flexibility index (Phi) is 4.73. The van der Waals surface area contributed by atoms with Crippen LogP contribution in [0.25, 0.3) is 0 Å². The lowest BCUT2D eigenvalue weighted by molar-refractivity contribution is 1.11. The van der Waals surface area contributed by atoms with Gasteiger partial charge < -0.3 is 10.6 Å². The van der Waals surface area contributed by atoms with Crippen LogP contribution in [0, 0.1) is 18.3 Å². The van der Waals surface area contributed by atoms with E-state index in [1.54, 1.807) is 6.07 Å². The average Bonchev–Trinajstić information content (AvgIpc) is 2.57. The van der Waals surface area contributed by atoms with Gasteiger partial charge in [-0.25, -0.2) is 4.98 Å². The van der Waals surface area contributed by atoms with E-state index in [4.69, 9.17) is 0 Å². The van der Waals surface area contributed by atoms with E-state index < -0.39 is 0 Å². The van der Waals surface area contributed by atoms with Crippen molar-refractivity contribution in [2.75, 3.05) is 10.6 Å². The molecular formula is C18H14BrN5. The molecule has 3 aromatic rings. The maximum Gasteiger partial charge on any atom is 0.229 e. The normalized spacial score (nSPS) is 10.0. The Morgan fingerprint density at radius 2 is 1.75 bits per heavy atom. The highest BCUT2D eigenvalue weighted by atomic mass is 79.9. The minimum Gasteiger partial charge on any atom is -0.339 e. The summed E-state index contributed by atoms with van der Waals surface area (Å²) in [5.41, 5.74) is 3.00. The van der Waals surface area contributed by atoms with Crippen LogP contribution in [0.4, 0.5) is 23.1 Å². The van der Waals surface area contributed by atoms with Gasteiger partial charge in [-0.3, -0.25) is 0 Å². The largest absolute Gasteiger partial charge is 0.339 e. The van der Waals surface area contributed by atoms with Gasteiger partial charge in [0.25, 0.3) is 0 Å². The zero-order valence-electron chi connectivity index (χ0n) is 12.9. The molecule has 0 radical (unpaired) electrons. The Bertz CT molecular complexity index is 900. The van der Waals surface area contributed by atoms with Crippen LogP contribution in [0.15, 0.2) is 59.1 Å². The first-order valence-electron chi connectivity index (χ1n) is 7.28. The van der Waals surface area contributed by atoms with Crippen LogP contribution in [-0.2, 0) is 0 Å². The predicted octanol–water partition coefficient (Wildman–Crippen LogP) is 4.91. The number of para-hydroxylation sites is 1. The molecule has 0 bridgehead atoms. The molecule has 1 aromatic heterocycles. The minimum atomic E-state index is 0.495. The van der Waals surface area contributed by atoms with E-state index in [1.165, 1.54) is 0 Å². The number of nitrogens with one attached hydrogen (secondary N) is 2. The first-order valence-corrected chi connectivity index (χ1v) is 8.08. The molecule has 24 heavy (non-hydrogen) atoms. The summed E-state index contributed by atoms with van der Waals surface area (Å²) in [6.45, 7) is 1.90. The first-order chi connectivity index (χ1) is 11.6. The predicted molar refractivity (Wildman–Crippen MR) is 98.6 cm³/mol. The Morgan fingerprint density at radius 3 is 2.50 bits per heavy atom. The molecule has 118 valence electrons. The SMILES string of the molecule is Cc1cc(Nc2ccccc2C#N)nc(Nc2ccc(Br)cc2)n1. The van der Waals surface area contributed by atoms with E-state index in [0.717, 1.165) is 15.9 Å². The number of aryl methyl sites for hydroxylation is 1. The molecule has 0 saturated carbocycles. The molecule has 3 rings (SSSR count).